The molecule has 0 bridgehead atoms. The molecule has 0 aliphatic carbocycles. The highest BCUT2D eigenvalue weighted by Gasteiger charge is 2.41. The van der Waals surface area contributed by atoms with Crippen LogP contribution in [0.15, 0.2) is 48.5 Å². The smallest absolute Gasteiger partial charge is 0.118 e. The van der Waals surface area contributed by atoms with Crippen LogP contribution in [-0.4, -0.2) is 30.9 Å². The molecule has 2 aromatic carbocycles. The summed E-state index contributed by atoms with van der Waals surface area (Å²) in [4.78, 5) is 0. The number of hydrogen-bond acceptors (Lipinski definition) is 4. The Morgan fingerprint density at radius 1 is 1.09 bits per heavy atom. The van der Waals surface area contributed by atoms with Gasteiger partial charge in [-0.3, -0.25) is 5.32 Å². The van der Waals surface area contributed by atoms with Crippen LogP contribution in [0.4, 0.5) is 0 Å². The van der Waals surface area contributed by atoms with Crippen molar-refractivity contribution >= 4 is 0 Å². The summed E-state index contributed by atoms with van der Waals surface area (Å²) in [7, 11) is 1.65. The minimum atomic E-state index is -0.219. The van der Waals surface area contributed by atoms with Crippen LogP contribution < -0.4 is 10.1 Å². The molecule has 3 rings (SSSR count). The predicted molar refractivity (Wildman–Crippen MR) is 84.6 cm³/mol. The fourth-order valence-corrected chi connectivity index (χ4v) is 2.94. The molecule has 2 aromatic rings. The maximum absolute atomic E-state index is 9.33. The van der Waals surface area contributed by atoms with Gasteiger partial charge < -0.3 is 9.84 Å². The summed E-state index contributed by atoms with van der Waals surface area (Å²) in [5.74, 6) is 0.892. The Morgan fingerprint density at radius 2 is 1.68 bits per heavy atom. The first-order chi connectivity index (χ1) is 10.8. The summed E-state index contributed by atoms with van der Waals surface area (Å²) >= 11 is 0. The Hall–Kier alpha value is -2.35. The lowest BCUT2D eigenvalue weighted by molar-refractivity contribution is 0.151. The molecule has 1 fully saturated rings. The summed E-state index contributed by atoms with van der Waals surface area (Å²) in [5.41, 5.74) is 3.32. The van der Waals surface area contributed by atoms with Gasteiger partial charge in [0.15, 0.2) is 0 Å². The van der Waals surface area contributed by atoms with Crippen LogP contribution in [0.5, 0.6) is 5.75 Å². The van der Waals surface area contributed by atoms with Crippen LogP contribution in [0.1, 0.15) is 11.5 Å². The van der Waals surface area contributed by atoms with Gasteiger partial charge in [-0.25, -0.2) is 0 Å². The van der Waals surface area contributed by atoms with Crippen molar-refractivity contribution in [3.05, 3.63) is 54.1 Å². The molecule has 0 saturated carbocycles. The minimum absolute atomic E-state index is 0.0310. The molecule has 3 atom stereocenters. The lowest BCUT2D eigenvalue weighted by atomic mass is 9.78. The van der Waals surface area contributed by atoms with Crippen molar-refractivity contribution in [2.45, 2.75) is 18.0 Å². The zero-order valence-corrected chi connectivity index (χ0v) is 12.4. The highest BCUT2D eigenvalue weighted by Crippen LogP contribution is 2.33. The van der Waals surface area contributed by atoms with Gasteiger partial charge in [-0.05, 0) is 28.8 Å². The van der Waals surface area contributed by atoms with Crippen molar-refractivity contribution in [3.8, 4) is 22.9 Å². The summed E-state index contributed by atoms with van der Waals surface area (Å²) in [6.45, 7) is 0.0447. The van der Waals surface area contributed by atoms with Crippen LogP contribution in [0.3, 0.4) is 0 Å². The van der Waals surface area contributed by atoms with Gasteiger partial charge in [-0.1, -0.05) is 36.4 Å². The van der Waals surface area contributed by atoms with Crippen molar-refractivity contribution in [1.29, 1.82) is 5.26 Å². The molecule has 4 heteroatoms. The summed E-state index contributed by atoms with van der Waals surface area (Å²) in [5, 5.41) is 21.5. The Balaban J connectivity index is 1.81. The van der Waals surface area contributed by atoms with E-state index in [0.29, 0.717) is 0 Å². The summed E-state index contributed by atoms with van der Waals surface area (Å²) < 4.78 is 5.16. The first-order valence-corrected chi connectivity index (χ1v) is 7.27. The largest absolute Gasteiger partial charge is 0.497 e. The van der Waals surface area contributed by atoms with Crippen LogP contribution in [0.25, 0.3) is 11.1 Å². The zero-order chi connectivity index (χ0) is 15.5. The monoisotopic (exact) mass is 294 g/mol. The average molecular weight is 294 g/mol. The normalized spacial score (nSPS) is 23.4. The van der Waals surface area contributed by atoms with E-state index in [9.17, 15) is 5.11 Å². The van der Waals surface area contributed by atoms with Gasteiger partial charge in [0, 0.05) is 12.0 Å². The Morgan fingerprint density at radius 3 is 2.18 bits per heavy atom. The Labute approximate surface area is 130 Å². The van der Waals surface area contributed by atoms with E-state index in [1.54, 1.807) is 7.11 Å². The van der Waals surface area contributed by atoms with Gasteiger partial charge in [-0.2, -0.15) is 5.26 Å². The van der Waals surface area contributed by atoms with Gasteiger partial charge in [0.1, 0.15) is 11.8 Å². The number of methoxy groups -OCH3 is 1. The highest BCUT2D eigenvalue weighted by molar-refractivity contribution is 5.64. The van der Waals surface area contributed by atoms with E-state index in [-0.39, 0.29) is 24.6 Å². The lowest BCUT2D eigenvalue weighted by Crippen LogP contribution is -2.60. The molecule has 1 saturated heterocycles. The van der Waals surface area contributed by atoms with Gasteiger partial charge in [0.25, 0.3) is 0 Å². The number of ether oxygens (including phenoxy) is 1. The summed E-state index contributed by atoms with van der Waals surface area (Å²) in [6, 6.07) is 18.1. The van der Waals surface area contributed by atoms with Crippen molar-refractivity contribution in [2.75, 3.05) is 13.7 Å². The van der Waals surface area contributed by atoms with E-state index >= 15 is 0 Å². The molecule has 4 nitrogen and oxygen atoms in total. The second-order valence-corrected chi connectivity index (χ2v) is 5.44. The van der Waals surface area contributed by atoms with Crippen molar-refractivity contribution in [3.63, 3.8) is 0 Å². The molecule has 0 unspecified atom stereocenters. The molecular formula is C18H18N2O2. The molecule has 0 spiro atoms. The molecule has 112 valence electrons. The molecular weight excluding hydrogens is 276 g/mol. The highest BCUT2D eigenvalue weighted by atomic mass is 16.5. The van der Waals surface area contributed by atoms with Gasteiger partial charge in [0.05, 0.1) is 19.8 Å². The van der Waals surface area contributed by atoms with Crippen LogP contribution in [-0.2, 0) is 0 Å². The summed E-state index contributed by atoms with van der Waals surface area (Å²) in [6.07, 6.45) is 0. The first kappa shape index (κ1) is 14.6. The maximum Gasteiger partial charge on any atom is 0.118 e. The quantitative estimate of drug-likeness (QED) is 0.908. The molecule has 0 aromatic heterocycles. The number of aliphatic hydroxyl groups is 1. The molecule has 1 heterocycles. The number of nitriles is 1. The molecule has 2 N–H and O–H groups in total. The van der Waals surface area contributed by atoms with E-state index in [1.807, 2.05) is 36.4 Å². The van der Waals surface area contributed by atoms with E-state index < -0.39 is 0 Å². The second kappa shape index (κ2) is 6.18. The first-order valence-electron chi connectivity index (χ1n) is 7.27. The fourth-order valence-electron chi connectivity index (χ4n) is 2.94. The third-order valence-electron chi connectivity index (χ3n) is 4.24. The van der Waals surface area contributed by atoms with Crippen LogP contribution in [0.2, 0.25) is 0 Å². The maximum atomic E-state index is 9.33. The second-order valence-electron chi connectivity index (χ2n) is 5.44. The number of benzene rings is 2. The van der Waals surface area contributed by atoms with Gasteiger partial charge in [0.2, 0.25) is 0 Å². The standard InChI is InChI=1S/C18H18N2O2/c1-22-15-8-6-13(7-9-15)12-2-4-14(5-3-12)18-16(10-19)20-17(18)11-21/h2-9,16-18,20-21H,11H2,1H3/t16-,17-,18+/m0/s1. The minimum Gasteiger partial charge on any atom is -0.497 e. The van der Waals surface area contributed by atoms with Crippen LogP contribution in [0, 0.1) is 11.3 Å². The molecule has 1 aliphatic rings. The number of hydrogen-bond donors (Lipinski definition) is 2. The average Bonchev–Trinajstić information content (AvgIpc) is 2.55. The lowest BCUT2D eigenvalue weighted by Gasteiger charge is -2.41. The molecule has 0 radical (unpaired) electrons. The van der Waals surface area contributed by atoms with Gasteiger partial charge in [-0.15, -0.1) is 0 Å². The van der Waals surface area contributed by atoms with Crippen molar-refractivity contribution in [2.24, 2.45) is 0 Å². The predicted octanol–water partition coefficient (Wildman–Crippen LogP) is 2.30. The van der Waals surface area contributed by atoms with Crippen molar-refractivity contribution < 1.29 is 9.84 Å². The third-order valence-corrected chi connectivity index (χ3v) is 4.24. The van der Waals surface area contributed by atoms with Gasteiger partial charge >= 0.3 is 0 Å². The Bertz CT molecular complexity index is 674. The van der Waals surface area contributed by atoms with E-state index in [1.165, 1.54) is 0 Å². The number of nitrogens with zero attached hydrogens (tertiary/aromatic N) is 1. The number of nitrogens with one attached hydrogen (secondary N) is 1. The zero-order valence-electron chi connectivity index (χ0n) is 12.4. The molecule has 1 aliphatic heterocycles. The SMILES string of the molecule is COc1ccc(-c2ccc([C@@H]3[C@H](C#N)N[C@H]3CO)cc2)cc1. The fraction of sp³-hybridized carbons (Fsp3) is 0.278. The topological polar surface area (TPSA) is 65.3 Å². The molecule has 22 heavy (non-hydrogen) atoms. The number of aliphatic hydroxyl groups excluding tert-OH is 1. The van der Waals surface area contributed by atoms with E-state index in [2.05, 4.69) is 23.5 Å². The van der Waals surface area contributed by atoms with Crippen LogP contribution >= 0.6 is 0 Å². The third kappa shape index (κ3) is 2.57. The van der Waals surface area contributed by atoms with E-state index in [0.717, 1.165) is 22.4 Å². The molecule has 0 amide bonds. The van der Waals surface area contributed by atoms with E-state index in [4.69, 9.17) is 10.00 Å². The van der Waals surface area contributed by atoms with Crippen molar-refractivity contribution in [1.82, 2.24) is 5.32 Å². The number of rotatable bonds is 4. The Kier molecular flexibility index (Phi) is 4.10.